The summed E-state index contributed by atoms with van der Waals surface area (Å²) >= 11 is 3.40. The van der Waals surface area contributed by atoms with E-state index in [1.165, 1.54) is 18.9 Å². The highest BCUT2D eigenvalue weighted by Gasteiger charge is 2.23. The summed E-state index contributed by atoms with van der Waals surface area (Å²) in [6.45, 7) is 2.11. The summed E-state index contributed by atoms with van der Waals surface area (Å²) in [7, 11) is 0. The fourth-order valence-corrected chi connectivity index (χ4v) is 2.28. The van der Waals surface area contributed by atoms with E-state index >= 15 is 0 Å². The molecule has 1 aromatic carbocycles. The number of nitrogens with zero attached hydrogens (tertiary/aromatic N) is 1. The highest BCUT2D eigenvalue weighted by molar-refractivity contribution is 9.10. The molecule has 92 valence electrons. The van der Waals surface area contributed by atoms with Gasteiger partial charge in [-0.15, -0.1) is 0 Å². The molecule has 0 heterocycles. The van der Waals surface area contributed by atoms with Crippen molar-refractivity contribution in [1.82, 2.24) is 0 Å². The van der Waals surface area contributed by atoms with Gasteiger partial charge in [-0.2, -0.15) is 0 Å². The van der Waals surface area contributed by atoms with Crippen LogP contribution in [-0.2, 0) is 0 Å². The summed E-state index contributed by atoms with van der Waals surface area (Å²) in [6.07, 6.45) is 3.78. The van der Waals surface area contributed by atoms with Gasteiger partial charge in [-0.05, 0) is 41.3 Å². The summed E-state index contributed by atoms with van der Waals surface area (Å²) in [4.78, 5) is 10.3. The molecule has 0 radical (unpaired) electrons. The topological polar surface area (TPSA) is 55.2 Å². The molecule has 1 aliphatic rings. The maximum atomic E-state index is 10.7. The molecular formula is C12H15BrN2O2. The predicted octanol–water partition coefficient (Wildman–Crippen LogP) is 3.96. The van der Waals surface area contributed by atoms with Crippen molar-refractivity contribution in [3.8, 4) is 0 Å². The van der Waals surface area contributed by atoms with Crippen molar-refractivity contribution in [3.63, 3.8) is 0 Å². The average Bonchev–Trinajstić information content (AvgIpc) is 3.04. The first-order chi connectivity index (χ1) is 8.06. The lowest BCUT2D eigenvalue weighted by Gasteiger charge is -2.15. The molecule has 1 aromatic rings. The molecule has 1 aliphatic carbocycles. The number of nitrogens with one attached hydrogen (secondary N) is 1. The van der Waals surface area contributed by atoms with Gasteiger partial charge in [-0.25, -0.2) is 0 Å². The van der Waals surface area contributed by atoms with Gasteiger partial charge in [0.15, 0.2) is 0 Å². The Morgan fingerprint density at radius 1 is 1.59 bits per heavy atom. The van der Waals surface area contributed by atoms with Gasteiger partial charge in [0.2, 0.25) is 0 Å². The zero-order valence-corrected chi connectivity index (χ0v) is 11.2. The molecule has 5 heteroatoms. The van der Waals surface area contributed by atoms with Gasteiger partial charge in [-0.3, -0.25) is 10.1 Å². The molecule has 1 fully saturated rings. The Kier molecular flexibility index (Phi) is 3.66. The maximum Gasteiger partial charge on any atom is 0.271 e. The van der Waals surface area contributed by atoms with Crippen LogP contribution >= 0.6 is 15.9 Å². The molecule has 0 bridgehead atoms. The van der Waals surface area contributed by atoms with Gasteiger partial charge in [0.25, 0.3) is 5.69 Å². The lowest BCUT2D eigenvalue weighted by atomic mass is 10.1. The van der Waals surface area contributed by atoms with Crippen molar-refractivity contribution in [2.45, 2.75) is 32.2 Å². The van der Waals surface area contributed by atoms with Crippen LogP contribution in [0.25, 0.3) is 0 Å². The molecule has 2 rings (SSSR count). The van der Waals surface area contributed by atoms with Crippen LogP contribution in [0.1, 0.15) is 26.2 Å². The fourth-order valence-electron chi connectivity index (χ4n) is 1.92. The Balaban J connectivity index is 2.07. The Morgan fingerprint density at radius 2 is 2.29 bits per heavy atom. The zero-order chi connectivity index (χ0) is 12.4. The molecule has 0 aromatic heterocycles. The van der Waals surface area contributed by atoms with Crippen LogP contribution < -0.4 is 5.32 Å². The van der Waals surface area contributed by atoms with E-state index in [4.69, 9.17) is 0 Å². The molecule has 0 saturated heterocycles. The lowest BCUT2D eigenvalue weighted by molar-refractivity contribution is -0.384. The third-order valence-electron chi connectivity index (χ3n) is 2.95. The Bertz CT molecular complexity index is 433. The first-order valence-corrected chi connectivity index (χ1v) is 6.56. The van der Waals surface area contributed by atoms with Crippen LogP contribution in [0.15, 0.2) is 22.7 Å². The van der Waals surface area contributed by atoms with E-state index in [-0.39, 0.29) is 10.6 Å². The van der Waals surface area contributed by atoms with Crippen molar-refractivity contribution < 1.29 is 4.92 Å². The second-order valence-corrected chi connectivity index (χ2v) is 5.50. The summed E-state index contributed by atoms with van der Waals surface area (Å²) < 4.78 is 0.866. The van der Waals surface area contributed by atoms with Crippen molar-refractivity contribution in [2.24, 2.45) is 5.92 Å². The summed E-state index contributed by atoms with van der Waals surface area (Å²) in [6, 6.07) is 5.14. The van der Waals surface area contributed by atoms with Crippen molar-refractivity contribution in [2.75, 3.05) is 5.32 Å². The van der Waals surface area contributed by atoms with Gasteiger partial charge in [-0.1, -0.05) is 12.8 Å². The Morgan fingerprint density at radius 3 is 2.88 bits per heavy atom. The smallest absolute Gasteiger partial charge is 0.271 e. The van der Waals surface area contributed by atoms with Crippen molar-refractivity contribution in [3.05, 3.63) is 32.8 Å². The molecule has 0 aliphatic heterocycles. The molecule has 1 unspecified atom stereocenters. The maximum absolute atomic E-state index is 10.7. The molecule has 17 heavy (non-hydrogen) atoms. The second-order valence-electron chi connectivity index (χ2n) is 4.65. The van der Waals surface area contributed by atoms with Crippen molar-refractivity contribution in [1.29, 1.82) is 0 Å². The zero-order valence-electron chi connectivity index (χ0n) is 9.65. The van der Waals surface area contributed by atoms with E-state index < -0.39 is 0 Å². The number of halogens is 1. The SMILES string of the molecule is CC(CC1CC1)Nc1cc([N+](=O)[O-])ccc1Br. The molecule has 0 spiro atoms. The quantitative estimate of drug-likeness (QED) is 0.661. The van der Waals surface area contributed by atoms with Gasteiger partial charge >= 0.3 is 0 Å². The van der Waals surface area contributed by atoms with Crippen LogP contribution in [-0.4, -0.2) is 11.0 Å². The first kappa shape index (κ1) is 12.4. The van der Waals surface area contributed by atoms with Gasteiger partial charge in [0.1, 0.15) is 0 Å². The number of hydrogen-bond donors (Lipinski definition) is 1. The monoisotopic (exact) mass is 298 g/mol. The lowest BCUT2D eigenvalue weighted by Crippen LogP contribution is -2.16. The molecular weight excluding hydrogens is 284 g/mol. The number of non-ortho nitro benzene ring substituents is 1. The standard InChI is InChI=1S/C12H15BrN2O2/c1-8(6-9-2-3-9)14-12-7-10(15(16)17)4-5-11(12)13/h4-5,7-9,14H,2-3,6H2,1H3. The minimum Gasteiger partial charge on any atom is -0.381 e. The first-order valence-electron chi connectivity index (χ1n) is 5.76. The van der Waals surface area contributed by atoms with Crippen molar-refractivity contribution >= 4 is 27.3 Å². The highest BCUT2D eigenvalue weighted by atomic mass is 79.9. The third kappa shape index (κ3) is 3.43. The normalized spacial score (nSPS) is 16.6. The molecule has 1 N–H and O–H groups in total. The summed E-state index contributed by atoms with van der Waals surface area (Å²) in [5.41, 5.74) is 0.918. The van der Waals surface area contributed by atoms with Gasteiger partial charge in [0, 0.05) is 22.6 Å². The number of rotatable bonds is 5. The van der Waals surface area contributed by atoms with E-state index in [1.807, 2.05) is 0 Å². The molecule has 1 saturated carbocycles. The number of benzene rings is 1. The molecule has 4 nitrogen and oxygen atoms in total. The Hall–Kier alpha value is -1.10. The summed E-state index contributed by atoms with van der Waals surface area (Å²) in [5, 5.41) is 14.0. The number of hydrogen-bond acceptors (Lipinski definition) is 3. The molecule has 1 atom stereocenters. The van der Waals surface area contributed by atoms with E-state index in [1.54, 1.807) is 12.1 Å². The number of anilines is 1. The minimum atomic E-state index is -0.372. The van der Waals surface area contributed by atoms with Crippen LogP contribution in [0.5, 0.6) is 0 Å². The highest BCUT2D eigenvalue weighted by Crippen LogP contribution is 2.35. The van der Waals surface area contributed by atoms with E-state index in [2.05, 4.69) is 28.2 Å². The predicted molar refractivity (Wildman–Crippen MR) is 71.2 cm³/mol. The Labute approximate surface area is 109 Å². The number of nitro groups is 1. The van der Waals surface area contributed by atoms with Crippen LogP contribution in [0.4, 0.5) is 11.4 Å². The fraction of sp³-hybridized carbons (Fsp3) is 0.500. The van der Waals surface area contributed by atoms with Crippen LogP contribution in [0.2, 0.25) is 0 Å². The number of nitro benzene ring substituents is 1. The van der Waals surface area contributed by atoms with E-state index in [0.29, 0.717) is 6.04 Å². The van der Waals surface area contributed by atoms with E-state index in [0.717, 1.165) is 22.5 Å². The van der Waals surface area contributed by atoms with Crippen LogP contribution in [0.3, 0.4) is 0 Å². The van der Waals surface area contributed by atoms with E-state index in [9.17, 15) is 10.1 Å². The minimum absolute atomic E-state index is 0.120. The molecule has 0 amide bonds. The third-order valence-corrected chi connectivity index (χ3v) is 3.64. The second kappa shape index (κ2) is 5.04. The average molecular weight is 299 g/mol. The summed E-state index contributed by atoms with van der Waals surface area (Å²) in [5.74, 6) is 0.843. The van der Waals surface area contributed by atoms with Crippen LogP contribution in [0, 0.1) is 16.0 Å². The van der Waals surface area contributed by atoms with Gasteiger partial charge in [0.05, 0.1) is 10.6 Å². The van der Waals surface area contributed by atoms with Gasteiger partial charge < -0.3 is 5.32 Å². The largest absolute Gasteiger partial charge is 0.381 e.